The van der Waals surface area contributed by atoms with E-state index < -0.39 is 0 Å². The van der Waals surface area contributed by atoms with Crippen molar-refractivity contribution in [2.24, 2.45) is 0 Å². The van der Waals surface area contributed by atoms with Crippen molar-refractivity contribution in [2.45, 2.75) is 40.8 Å². The number of furan rings is 1. The van der Waals surface area contributed by atoms with Crippen molar-refractivity contribution in [3.8, 4) is 5.75 Å². The first-order chi connectivity index (χ1) is 10.0. The van der Waals surface area contributed by atoms with Gasteiger partial charge in [-0.15, -0.1) is 0 Å². The Morgan fingerprint density at radius 2 is 1.76 bits per heavy atom. The maximum Gasteiger partial charge on any atom is 0.146 e. The Balaban J connectivity index is 2.03. The minimum atomic E-state index is 0.424. The molecule has 0 saturated carbocycles. The lowest BCUT2D eigenvalue weighted by Gasteiger charge is -2.08. The van der Waals surface area contributed by atoms with Gasteiger partial charge in [-0.25, -0.2) is 0 Å². The van der Waals surface area contributed by atoms with Gasteiger partial charge < -0.3 is 14.5 Å². The van der Waals surface area contributed by atoms with Crippen LogP contribution in [0.5, 0.6) is 5.75 Å². The molecular formula is C17H22ClNO2. The third kappa shape index (κ3) is 4.02. The van der Waals surface area contributed by atoms with E-state index in [9.17, 15) is 0 Å². The highest BCUT2D eigenvalue weighted by molar-refractivity contribution is 6.32. The molecule has 0 saturated heterocycles. The molecule has 0 unspecified atom stereocenters. The third-order valence-corrected chi connectivity index (χ3v) is 3.99. The van der Waals surface area contributed by atoms with Crippen molar-refractivity contribution in [3.63, 3.8) is 0 Å². The Labute approximate surface area is 131 Å². The molecule has 2 aromatic rings. The molecule has 114 valence electrons. The molecule has 0 aliphatic carbocycles. The molecule has 2 rings (SSSR count). The lowest BCUT2D eigenvalue weighted by Crippen LogP contribution is -2.11. The molecule has 0 spiro atoms. The van der Waals surface area contributed by atoms with Gasteiger partial charge in [0.1, 0.15) is 23.9 Å². The smallest absolute Gasteiger partial charge is 0.146 e. The SMILES string of the molecule is CCNCc1oc(COc2cc(C)c(Cl)c(C)c2)cc1C. The predicted molar refractivity (Wildman–Crippen MR) is 86.1 cm³/mol. The number of nitrogens with one attached hydrogen (secondary N) is 1. The Morgan fingerprint density at radius 3 is 2.38 bits per heavy atom. The first kappa shape index (κ1) is 15.9. The van der Waals surface area contributed by atoms with Crippen LogP contribution in [-0.2, 0) is 13.2 Å². The molecule has 1 aromatic carbocycles. The largest absolute Gasteiger partial charge is 0.486 e. The van der Waals surface area contributed by atoms with Crippen molar-refractivity contribution in [3.05, 3.63) is 51.4 Å². The maximum atomic E-state index is 6.16. The molecular weight excluding hydrogens is 286 g/mol. The summed E-state index contributed by atoms with van der Waals surface area (Å²) in [5.74, 6) is 2.63. The number of halogens is 1. The fraction of sp³-hybridized carbons (Fsp3) is 0.412. The number of benzene rings is 1. The van der Waals surface area contributed by atoms with Crippen LogP contribution in [0.25, 0.3) is 0 Å². The monoisotopic (exact) mass is 307 g/mol. The maximum absolute atomic E-state index is 6.16. The molecule has 1 aromatic heterocycles. The van der Waals surface area contributed by atoms with Gasteiger partial charge in [-0.2, -0.15) is 0 Å². The zero-order chi connectivity index (χ0) is 15.4. The Bertz CT molecular complexity index is 596. The molecule has 1 heterocycles. The van der Waals surface area contributed by atoms with Crippen molar-refractivity contribution in [1.82, 2.24) is 5.32 Å². The van der Waals surface area contributed by atoms with Crippen LogP contribution >= 0.6 is 11.6 Å². The average Bonchev–Trinajstić information content (AvgIpc) is 2.80. The fourth-order valence-electron chi connectivity index (χ4n) is 2.22. The predicted octanol–water partition coefficient (Wildman–Crippen LogP) is 4.55. The lowest BCUT2D eigenvalue weighted by molar-refractivity contribution is 0.265. The van der Waals surface area contributed by atoms with Gasteiger partial charge in [-0.05, 0) is 62.2 Å². The van der Waals surface area contributed by atoms with Gasteiger partial charge in [0, 0.05) is 5.02 Å². The molecule has 21 heavy (non-hydrogen) atoms. The summed E-state index contributed by atoms with van der Waals surface area (Å²) < 4.78 is 11.6. The average molecular weight is 308 g/mol. The van der Waals surface area contributed by atoms with Crippen molar-refractivity contribution in [2.75, 3.05) is 6.54 Å². The van der Waals surface area contributed by atoms with Crippen LogP contribution in [0.15, 0.2) is 22.6 Å². The van der Waals surface area contributed by atoms with Gasteiger partial charge >= 0.3 is 0 Å². The van der Waals surface area contributed by atoms with Crippen LogP contribution < -0.4 is 10.1 Å². The molecule has 0 amide bonds. The Morgan fingerprint density at radius 1 is 1.10 bits per heavy atom. The van der Waals surface area contributed by atoms with Crippen LogP contribution in [0.3, 0.4) is 0 Å². The number of hydrogen-bond donors (Lipinski definition) is 1. The van der Waals surface area contributed by atoms with Gasteiger partial charge in [-0.1, -0.05) is 18.5 Å². The van der Waals surface area contributed by atoms with Gasteiger partial charge in [0.25, 0.3) is 0 Å². The molecule has 0 aliphatic rings. The second-order valence-electron chi connectivity index (χ2n) is 5.26. The molecule has 1 N–H and O–H groups in total. The second kappa shape index (κ2) is 7.01. The van der Waals surface area contributed by atoms with Crippen LogP contribution in [0.4, 0.5) is 0 Å². The number of ether oxygens (including phenoxy) is 1. The first-order valence-electron chi connectivity index (χ1n) is 7.19. The normalized spacial score (nSPS) is 10.9. The molecule has 0 bridgehead atoms. The zero-order valence-electron chi connectivity index (χ0n) is 13.0. The minimum absolute atomic E-state index is 0.424. The summed E-state index contributed by atoms with van der Waals surface area (Å²) in [6.45, 7) is 10.2. The first-order valence-corrected chi connectivity index (χ1v) is 7.57. The number of aryl methyl sites for hydroxylation is 3. The van der Waals surface area contributed by atoms with Gasteiger partial charge in [-0.3, -0.25) is 0 Å². The Hall–Kier alpha value is -1.45. The van der Waals surface area contributed by atoms with E-state index in [0.29, 0.717) is 6.61 Å². The molecule has 0 fully saturated rings. The summed E-state index contributed by atoms with van der Waals surface area (Å²) in [6.07, 6.45) is 0. The van der Waals surface area contributed by atoms with E-state index >= 15 is 0 Å². The van der Waals surface area contributed by atoms with Crippen LogP contribution in [-0.4, -0.2) is 6.54 Å². The lowest BCUT2D eigenvalue weighted by atomic mass is 10.1. The zero-order valence-corrected chi connectivity index (χ0v) is 13.8. The van der Waals surface area contributed by atoms with Crippen molar-refractivity contribution >= 4 is 11.6 Å². The summed E-state index contributed by atoms with van der Waals surface area (Å²) in [5, 5.41) is 4.06. The van der Waals surface area contributed by atoms with E-state index in [1.807, 2.05) is 32.0 Å². The van der Waals surface area contributed by atoms with E-state index in [2.05, 4.69) is 19.2 Å². The highest BCUT2D eigenvalue weighted by Crippen LogP contribution is 2.26. The molecule has 4 heteroatoms. The van der Waals surface area contributed by atoms with Crippen LogP contribution in [0.1, 0.15) is 35.1 Å². The molecule has 3 nitrogen and oxygen atoms in total. The molecule has 0 radical (unpaired) electrons. The highest BCUT2D eigenvalue weighted by atomic mass is 35.5. The van der Waals surface area contributed by atoms with Gasteiger partial charge in [0.15, 0.2) is 0 Å². The van der Waals surface area contributed by atoms with E-state index in [-0.39, 0.29) is 0 Å². The van der Waals surface area contributed by atoms with Crippen molar-refractivity contribution in [1.29, 1.82) is 0 Å². The van der Waals surface area contributed by atoms with E-state index in [1.54, 1.807) is 0 Å². The number of rotatable bonds is 6. The minimum Gasteiger partial charge on any atom is -0.486 e. The third-order valence-electron chi connectivity index (χ3n) is 3.40. The summed E-state index contributed by atoms with van der Waals surface area (Å²) >= 11 is 6.16. The highest BCUT2D eigenvalue weighted by Gasteiger charge is 2.09. The second-order valence-corrected chi connectivity index (χ2v) is 5.64. The molecule has 0 aliphatic heterocycles. The summed E-state index contributed by atoms with van der Waals surface area (Å²) in [6, 6.07) is 5.93. The van der Waals surface area contributed by atoms with Crippen molar-refractivity contribution < 1.29 is 9.15 Å². The van der Waals surface area contributed by atoms with E-state index in [1.165, 1.54) is 0 Å². The topological polar surface area (TPSA) is 34.4 Å². The van der Waals surface area contributed by atoms with E-state index in [0.717, 1.165) is 52.1 Å². The van der Waals surface area contributed by atoms with Gasteiger partial charge in [0.2, 0.25) is 0 Å². The van der Waals surface area contributed by atoms with Crippen LogP contribution in [0, 0.1) is 20.8 Å². The van der Waals surface area contributed by atoms with Crippen LogP contribution in [0.2, 0.25) is 5.02 Å². The number of hydrogen-bond acceptors (Lipinski definition) is 3. The quantitative estimate of drug-likeness (QED) is 0.850. The standard InChI is InChI=1S/C17H22ClNO2/c1-5-19-9-16-11(2)6-15(21-16)10-20-14-7-12(3)17(18)13(4)8-14/h6-8,19H,5,9-10H2,1-4H3. The Kier molecular flexibility index (Phi) is 5.32. The fourth-order valence-corrected chi connectivity index (χ4v) is 2.33. The summed E-state index contributed by atoms with van der Waals surface area (Å²) in [5.41, 5.74) is 3.20. The molecule has 0 atom stereocenters. The van der Waals surface area contributed by atoms with E-state index in [4.69, 9.17) is 20.8 Å². The summed E-state index contributed by atoms with van der Waals surface area (Å²) in [7, 11) is 0. The van der Waals surface area contributed by atoms with Gasteiger partial charge in [0.05, 0.1) is 6.54 Å². The summed E-state index contributed by atoms with van der Waals surface area (Å²) in [4.78, 5) is 0.